The van der Waals surface area contributed by atoms with Crippen LogP contribution < -0.4 is 4.90 Å². The molecular weight excluding hydrogens is 408 g/mol. The zero-order chi connectivity index (χ0) is 21.5. The van der Waals surface area contributed by atoms with Gasteiger partial charge in [-0.3, -0.25) is 4.90 Å². The molecule has 1 saturated heterocycles. The molecule has 0 amide bonds. The van der Waals surface area contributed by atoms with Gasteiger partial charge in [0.15, 0.2) is 0 Å². The largest absolute Gasteiger partial charge is 0.383 e. The van der Waals surface area contributed by atoms with Crippen LogP contribution in [0.3, 0.4) is 0 Å². The summed E-state index contributed by atoms with van der Waals surface area (Å²) in [5, 5.41) is 3.41. The number of methoxy groups -OCH3 is 2. The lowest BCUT2D eigenvalue weighted by Crippen LogP contribution is -2.41. The Bertz CT molecular complexity index is 933. The second kappa shape index (κ2) is 11.0. The van der Waals surface area contributed by atoms with Gasteiger partial charge in [0.05, 0.1) is 18.6 Å². The van der Waals surface area contributed by atoms with Gasteiger partial charge in [-0.05, 0) is 24.3 Å². The van der Waals surface area contributed by atoms with Crippen molar-refractivity contribution in [2.45, 2.75) is 12.8 Å². The molecule has 0 aliphatic carbocycles. The molecule has 0 radical (unpaired) electrons. The van der Waals surface area contributed by atoms with Crippen molar-refractivity contribution in [1.82, 2.24) is 14.9 Å². The molecule has 2 aromatic heterocycles. The molecule has 1 fully saturated rings. The fourth-order valence-electron chi connectivity index (χ4n) is 4.36. The first-order valence-electron chi connectivity index (χ1n) is 11.0. The van der Waals surface area contributed by atoms with E-state index in [1.807, 2.05) is 0 Å². The molecule has 1 aromatic carbocycles. The predicted molar refractivity (Wildman–Crippen MR) is 128 cm³/mol. The van der Waals surface area contributed by atoms with Gasteiger partial charge in [-0.1, -0.05) is 30.3 Å². The molecule has 7 heteroatoms. The number of aromatic nitrogens is 2. The smallest absolute Gasteiger partial charge is 0.141 e. The quantitative estimate of drug-likeness (QED) is 0.472. The van der Waals surface area contributed by atoms with Crippen LogP contribution in [0, 0.1) is 5.92 Å². The monoisotopic (exact) mass is 440 g/mol. The first kappa shape index (κ1) is 22.1. The van der Waals surface area contributed by atoms with Gasteiger partial charge < -0.3 is 14.4 Å². The van der Waals surface area contributed by atoms with Crippen LogP contribution in [0.25, 0.3) is 21.3 Å². The number of rotatable bonds is 10. The van der Waals surface area contributed by atoms with Gasteiger partial charge in [-0.15, -0.1) is 11.3 Å². The molecule has 0 unspecified atom stereocenters. The summed E-state index contributed by atoms with van der Waals surface area (Å²) in [6.45, 7) is 6.62. The van der Waals surface area contributed by atoms with Gasteiger partial charge in [0, 0.05) is 57.9 Å². The Morgan fingerprint density at radius 1 is 1.03 bits per heavy atom. The van der Waals surface area contributed by atoms with Gasteiger partial charge in [-0.2, -0.15) is 0 Å². The number of fused-ring (bicyclic) bond motifs is 1. The van der Waals surface area contributed by atoms with Crippen LogP contribution >= 0.6 is 11.3 Å². The average Bonchev–Trinajstić information content (AvgIpc) is 3.26. The number of hydrogen-bond donors (Lipinski definition) is 0. The van der Waals surface area contributed by atoms with Gasteiger partial charge in [-0.25, -0.2) is 9.97 Å². The van der Waals surface area contributed by atoms with Gasteiger partial charge in [0.1, 0.15) is 17.0 Å². The lowest BCUT2D eigenvalue weighted by Gasteiger charge is -2.35. The number of hydrogen-bond acceptors (Lipinski definition) is 7. The van der Waals surface area contributed by atoms with Gasteiger partial charge in [0.25, 0.3) is 0 Å². The Morgan fingerprint density at radius 2 is 1.74 bits per heavy atom. The van der Waals surface area contributed by atoms with Crippen molar-refractivity contribution in [2.24, 2.45) is 5.92 Å². The van der Waals surface area contributed by atoms with E-state index >= 15 is 0 Å². The third kappa shape index (κ3) is 5.41. The predicted octanol–water partition coefficient (Wildman–Crippen LogP) is 4.17. The number of piperidine rings is 1. The maximum atomic E-state index is 5.29. The van der Waals surface area contributed by atoms with Crippen LogP contribution in [0.5, 0.6) is 0 Å². The molecule has 3 aromatic rings. The summed E-state index contributed by atoms with van der Waals surface area (Å²) < 4.78 is 10.6. The zero-order valence-electron chi connectivity index (χ0n) is 18.5. The van der Waals surface area contributed by atoms with E-state index in [0.717, 1.165) is 56.6 Å². The van der Waals surface area contributed by atoms with E-state index in [0.29, 0.717) is 5.92 Å². The Balaban J connectivity index is 1.46. The Hall–Kier alpha value is -2.06. The van der Waals surface area contributed by atoms with E-state index in [1.54, 1.807) is 31.9 Å². The number of ether oxygens (including phenoxy) is 2. The molecule has 4 rings (SSSR count). The van der Waals surface area contributed by atoms with Crippen LogP contribution in [-0.4, -0.2) is 75.0 Å². The molecule has 0 saturated carbocycles. The number of thiophene rings is 1. The molecule has 31 heavy (non-hydrogen) atoms. The van der Waals surface area contributed by atoms with Crippen molar-refractivity contribution in [3.8, 4) is 11.1 Å². The minimum absolute atomic E-state index is 0.693. The summed E-state index contributed by atoms with van der Waals surface area (Å²) in [5.74, 6) is 1.78. The van der Waals surface area contributed by atoms with E-state index in [-0.39, 0.29) is 0 Å². The van der Waals surface area contributed by atoms with Crippen LogP contribution in [0.2, 0.25) is 0 Å². The molecule has 3 heterocycles. The van der Waals surface area contributed by atoms with E-state index < -0.39 is 0 Å². The van der Waals surface area contributed by atoms with Crippen molar-refractivity contribution in [2.75, 3.05) is 65.1 Å². The van der Waals surface area contributed by atoms with Gasteiger partial charge in [0.2, 0.25) is 0 Å². The summed E-state index contributed by atoms with van der Waals surface area (Å²) in [5.41, 5.74) is 2.47. The highest BCUT2D eigenvalue weighted by Crippen LogP contribution is 2.38. The number of nitrogens with zero attached hydrogens (tertiary/aromatic N) is 4. The van der Waals surface area contributed by atoms with E-state index in [1.165, 1.54) is 29.4 Å². The average molecular weight is 441 g/mol. The second-order valence-corrected chi connectivity index (χ2v) is 8.97. The summed E-state index contributed by atoms with van der Waals surface area (Å²) in [6.07, 6.45) is 4.06. The molecular formula is C24H32N4O2S. The normalized spacial score (nSPS) is 15.3. The van der Waals surface area contributed by atoms with Crippen LogP contribution in [0.15, 0.2) is 42.0 Å². The van der Waals surface area contributed by atoms with Gasteiger partial charge >= 0.3 is 0 Å². The molecule has 1 aliphatic rings. The second-order valence-electron chi connectivity index (χ2n) is 8.11. The van der Waals surface area contributed by atoms with Crippen molar-refractivity contribution < 1.29 is 9.47 Å². The highest BCUT2D eigenvalue weighted by Gasteiger charge is 2.25. The minimum Gasteiger partial charge on any atom is -0.383 e. The molecule has 0 atom stereocenters. The third-order valence-electron chi connectivity index (χ3n) is 6.09. The minimum atomic E-state index is 0.693. The van der Waals surface area contributed by atoms with E-state index in [4.69, 9.17) is 14.5 Å². The Morgan fingerprint density at radius 3 is 2.42 bits per heavy atom. The van der Waals surface area contributed by atoms with Crippen molar-refractivity contribution in [3.63, 3.8) is 0 Å². The standard InChI is InChI=1S/C24H32N4O2S/c1-29-14-12-27(13-15-30-2)16-19-8-10-28(11-9-19)23-22-21(20-6-4-3-5-7-20)17-31-24(22)26-18-25-23/h3-7,17-19H,8-16H2,1-2H3. The summed E-state index contributed by atoms with van der Waals surface area (Å²) >= 11 is 1.70. The van der Waals surface area contributed by atoms with Crippen LogP contribution in [-0.2, 0) is 9.47 Å². The molecule has 166 valence electrons. The lowest BCUT2D eigenvalue weighted by molar-refractivity contribution is 0.100. The van der Waals surface area contributed by atoms with Crippen molar-refractivity contribution >= 4 is 27.4 Å². The molecule has 6 nitrogen and oxygen atoms in total. The zero-order valence-corrected chi connectivity index (χ0v) is 19.3. The highest BCUT2D eigenvalue weighted by molar-refractivity contribution is 7.17. The summed E-state index contributed by atoms with van der Waals surface area (Å²) in [4.78, 5) is 15.3. The summed E-state index contributed by atoms with van der Waals surface area (Å²) in [6, 6.07) is 10.6. The first-order chi connectivity index (χ1) is 15.3. The maximum absolute atomic E-state index is 5.29. The molecule has 0 N–H and O–H groups in total. The SMILES string of the molecule is COCCN(CCOC)CC1CCN(c2ncnc3scc(-c4ccccc4)c23)CC1. The fourth-order valence-corrected chi connectivity index (χ4v) is 5.27. The Kier molecular flexibility index (Phi) is 7.86. The fraction of sp³-hybridized carbons (Fsp3) is 0.500. The lowest BCUT2D eigenvalue weighted by atomic mass is 9.95. The van der Waals surface area contributed by atoms with Crippen LogP contribution in [0.1, 0.15) is 12.8 Å². The van der Waals surface area contributed by atoms with Crippen molar-refractivity contribution in [1.29, 1.82) is 0 Å². The third-order valence-corrected chi connectivity index (χ3v) is 6.98. The molecule has 1 aliphatic heterocycles. The number of anilines is 1. The molecule has 0 spiro atoms. The maximum Gasteiger partial charge on any atom is 0.141 e. The van der Waals surface area contributed by atoms with E-state index in [2.05, 4.69) is 50.5 Å². The number of benzene rings is 1. The van der Waals surface area contributed by atoms with Crippen molar-refractivity contribution in [3.05, 3.63) is 42.0 Å². The molecule has 0 bridgehead atoms. The summed E-state index contributed by atoms with van der Waals surface area (Å²) in [7, 11) is 3.53. The topological polar surface area (TPSA) is 50.7 Å². The van der Waals surface area contributed by atoms with E-state index in [9.17, 15) is 0 Å². The van der Waals surface area contributed by atoms with Crippen LogP contribution in [0.4, 0.5) is 5.82 Å². The Labute approximate surface area is 188 Å². The first-order valence-corrected chi connectivity index (χ1v) is 11.9. The highest BCUT2D eigenvalue weighted by atomic mass is 32.1.